The summed E-state index contributed by atoms with van der Waals surface area (Å²) in [4.78, 5) is 18.6. The SMILES string of the molecule is O=C(NCCc1ccccc1)C1(c2ccccc2)CC1CN1CCN(Cc2ccccc2)CC1. The quantitative estimate of drug-likeness (QED) is 0.529. The average molecular weight is 454 g/mol. The molecule has 2 atom stereocenters. The number of hydrogen-bond acceptors (Lipinski definition) is 3. The highest BCUT2D eigenvalue weighted by molar-refractivity contribution is 5.92. The van der Waals surface area contributed by atoms with Crippen LogP contribution in [-0.2, 0) is 23.2 Å². The van der Waals surface area contributed by atoms with Crippen LogP contribution in [0.2, 0.25) is 0 Å². The lowest BCUT2D eigenvalue weighted by Crippen LogP contribution is -2.47. The Morgan fingerprint density at radius 2 is 1.32 bits per heavy atom. The summed E-state index contributed by atoms with van der Waals surface area (Å²) < 4.78 is 0. The molecule has 1 saturated carbocycles. The van der Waals surface area contributed by atoms with Crippen molar-refractivity contribution in [3.63, 3.8) is 0 Å². The summed E-state index contributed by atoms with van der Waals surface area (Å²) in [7, 11) is 0. The molecule has 0 radical (unpaired) electrons. The smallest absolute Gasteiger partial charge is 0.231 e. The first-order chi connectivity index (χ1) is 16.7. The van der Waals surface area contributed by atoms with Gasteiger partial charge in [-0.3, -0.25) is 9.69 Å². The Morgan fingerprint density at radius 3 is 1.97 bits per heavy atom. The van der Waals surface area contributed by atoms with Gasteiger partial charge in [-0.25, -0.2) is 0 Å². The third-order valence-electron chi connectivity index (χ3n) is 7.53. The van der Waals surface area contributed by atoms with Crippen molar-refractivity contribution in [2.24, 2.45) is 5.92 Å². The number of rotatable bonds is 9. The topological polar surface area (TPSA) is 35.6 Å². The standard InChI is InChI=1S/C30H35N3O/c34-29(31-17-16-25-10-4-1-5-11-25)30(27-14-8-3-9-15-27)22-28(30)24-33-20-18-32(19-21-33)23-26-12-6-2-7-13-26/h1-15,28H,16-24H2,(H,31,34). The van der Waals surface area contributed by atoms with Crippen molar-refractivity contribution < 1.29 is 4.79 Å². The Labute approximate surface area is 203 Å². The number of amides is 1. The van der Waals surface area contributed by atoms with Gasteiger partial charge in [0.05, 0.1) is 5.41 Å². The summed E-state index contributed by atoms with van der Waals surface area (Å²) in [6.07, 6.45) is 1.81. The van der Waals surface area contributed by atoms with E-state index in [0.717, 1.165) is 52.1 Å². The zero-order valence-electron chi connectivity index (χ0n) is 19.9. The Hall–Kier alpha value is -2.95. The summed E-state index contributed by atoms with van der Waals surface area (Å²) in [6.45, 7) is 7.03. The normalized spacial score (nSPS) is 22.9. The van der Waals surface area contributed by atoms with E-state index in [9.17, 15) is 4.79 Å². The van der Waals surface area contributed by atoms with Crippen LogP contribution in [0.25, 0.3) is 0 Å². The molecule has 1 saturated heterocycles. The molecule has 34 heavy (non-hydrogen) atoms. The van der Waals surface area contributed by atoms with E-state index in [1.807, 2.05) is 12.1 Å². The minimum Gasteiger partial charge on any atom is -0.355 e. The fourth-order valence-corrected chi connectivity index (χ4v) is 5.45. The predicted octanol–water partition coefficient (Wildman–Crippen LogP) is 4.12. The van der Waals surface area contributed by atoms with Crippen LogP contribution in [0, 0.1) is 5.92 Å². The minimum atomic E-state index is -0.376. The van der Waals surface area contributed by atoms with Gasteiger partial charge < -0.3 is 10.2 Å². The largest absolute Gasteiger partial charge is 0.355 e. The van der Waals surface area contributed by atoms with Crippen molar-refractivity contribution in [2.45, 2.75) is 24.8 Å². The summed E-state index contributed by atoms with van der Waals surface area (Å²) in [5, 5.41) is 3.27. The zero-order valence-corrected chi connectivity index (χ0v) is 19.9. The van der Waals surface area contributed by atoms with Gasteiger partial charge in [-0.1, -0.05) is 91.0 Å². The molecule has 2 aliphatic rings. The molecule has 2 unspecified atom stereocenters. The maximum absolute atomic E-state index is 13.5. The van der Waals surface area contributed by atoms with E-state index >= 15 is 0 Å². The molecule has 1 heterocycles. The number of piperazine rings is 1. The van der Waals surface area contributed by atoms with E-state index in [1.54, 1.807) is 0 Å². The molecule has 5 rings (SSSR count). The van der Waals surface area contributed by atoms with Crippen molar-refractivity contribution in [3.8, 4) is 0 Å². The Balaban J connectivity index is 1.17. The summed E-state index contributed by atoms with van der Waals surface area (Å²) in [6, 6.07) is 31.5. The molecule has 1 amide bonds. The van der Waals surface area contributed by atoms with E-state index in [0.29, 0.717) is 12.5 Å². The third kappa shape index (κ3) is 5.24. The first-order valence-electron chi connectivity index (χ1n) is 12.6. The van der Waals surface area contributed by atoms with Crippen LogP contribution in [0.15, 0.2) is 91.0 Å². The lowest BCUT2D eigenvalue weighted by molar-refractivity contribution is -0.124. The van der Waals surface area contributed by atoms with Crippen LogP contribution in [0.3, 0.4) is 0 Å². The molecule has 4 nitrogen and oxygen atoms in total. The number of nitrogens with one attached hydrogen (secondary N) is 1. The molecule has 3 aromatic rings. The molecule has 0 aromatic heterocycles. The van der Waals surface area contributed by atoms with Crippen LogP contribution in [0.5, 0.6) is 0 Å². The molecule has 1 aliphatic carbocycles. The number of carbonyl (C=O) groups is 1. The lowest BCUT2D eigenvalue weighted by Gasteiger charge is -2.35. The van der Waals surface area contributed by atoms with E-state index in [-0.39, 0.29) is 11.3 Å². The number of nitrogens with zero attached hydrogens (tertiary/aromatic N) is 2. The van der Waals surface area contributed by atoms with Gasteiger partial charge in [0.25, 0.3) is 0 Å². The fraction of sp³-hybridized carbons (Fsp3) is 0.367. The summed E-state index contributed by atoms with van der Waals surface area (Å²) >= 11 is 0. The second-order valence-electron chi connectivity index (χ2n) is 9.79. The summed E-state index contributed by atoms with van der Waals surface area (Å²) in [5.41, 5.74) is 3.43. The lowest BCUT2D eigenvalue weighted by atomic mass is 9.91. The van der Waals surface area contributed by atoms with Crippen molar-refractivity contribution in [1.29, 1.82) is 0 Å². The molecule has 4 heteroatoms. The highest BCUT2D eigenvalue weighted by atomic mass is 16.2. The number of hydrogen-bond donors (Lipinski definition) is 1. The Bertz CT molecular complexity index is 1050. The molecule has 0 spiro atoms. The van der Waals surface area contributed by atoms with Gasteiger partial charge in [0, 0.05) is 45.8 Å². The number of benzene rings is 3. The van der Waals surface area contributed by atoms with Gasteiger partial charge in [-0.2, -0.15) is 0 Å². The van der Waals surface area contributed by atoms with E-state index in [4.69, 9.17) is 0 Å². The Kier molecular flexibility index (Phi) is 7.08. The van der Waals surface area contributed by atoms with E-state index in [1.165, 1.54) is 16.7 Å². The molecule has 1 N–H and O–H groups in total. The van der Waals surface area contributed by atoms with Gasteiger partial charge in [0.2, 0.25) is 5.91 Å². The Morgan fingerprint density at radius 1 is 0.765 bits per heavy atom. The van der Waals surface area contributed by atoms with Gasteiger partial charge in [-0.15, -0.1) is 0 Å². The van der Waals surface area contributed by atoms with Crippen LogP contribution in [0.4, 0.5) is 0 Å². The molecule has 176 valence electrons. The van der Waals surface area contributed by atoms with Crippen molar-refractivity contribution in [3.05, 3.63) is 108 Å². The average Bonchev–Trinajstić information content (AvgIpc) is 3.62. The second kappa shape index (κ2) is 10.5. The fourth-order valence-electron chi connectivity index (χ4n) is 5.45. The number of carbonyl (C=O) groups excluding carboxylic acids is 1. The van der Waals surface area contributed by atoms with Gasteiger partial charge in [0.15, 0.2) is 0 Å². The maximum atomic E-state index is 13.5. The molecular formula is C30H35N3O. The van der Waals surface area contributed by atoms with Crippen molar-refractivity contribution >= 4 is 5.91 Å². The van der Waals surface area contributed by atoms with E-state index < -0.39 is 0 Å². The van der Waals surface area contributed by atoms with Crippen LogP contribution in [0.1, 0.15) is 23.1 Å². The molecule has 1 aliphatic heterocycles. The first kappa shape index (κ1) is 22.8. The molecular weight excluding hydrogens is 418 g/mol. The molecule has 2 fully saturated rings. The highest BCUT2D eigenvalue weighted by Crippen LogP contribution is 2.54. The van der Waals surface area contributed by atoms with E-state index in [2.05, 4.69) is 94.0 Å². The van der Waals surface area contributed by atoms with Crippen molar-refractivity contribution in [2.75, 3.05) is 39.3 Å². The highest BCUT2D eigenvalue weighted by Gasteiger charge is 2.60. The molecule has 0 bridgehead atoms. The maximum Gasteiger partial charge on any atom is 0.231 e. The van der Waals surface area contributed by atoms with Crippen LogP contribution in [-0.4, -0.2) is 55.0 Å². The molecule has 3 aromatic carbocycles. The summed E-state index contributed by atoms with van der Waals surface area (Å²) in [5.74, 6) is 0.578. The van der Waals surface area contributed by atoms with Gasteiger partial charge in [0.1, 0.15) is 0 Å². The minimum absolute atomic E-state index is 0.197. The predicted molar refractivity (Wildman–Crippen MR) is 138 cm³/mol. The monoisotopic (exact) mass is 453 g/mol. The first-order valence-corrected chi connectivity index (χ1v) is 12.6. The van der Waals surface area contributed by atoms with Gasteiger partial charge >= 0.3 is 0 Å². The zero-order chi connectivity index (χ0) is 23.2. The third-order valence-corrected chi connectivity index (χ3v) is 7.53. The van der Waals surface area contributed by atoms with Gasteiger partial charge in [-0.05, 0) is 35.4 Å². The van der Waals surface area contributed by atoms with Crippen molar-refractivity contribution in [1.82, 2.24) is 15.1 Å². The second-order valence-corrected chi connectivity index (χ2v) is 9.79. The van der Waals surface area contributed by atoms with Crippen LogP contribution >= 0.6 is 0 Å². The van der Waals surface area contributed by atoms with Crippen LogP contribution < -0.4 is 5.32 Å².